The molecular weight excluding hydrogens is 268 g/mol. The van der Waals surface area contributed by atoms with Gasteiger partial charge in [-0.2, -0.15) is 0 Å². The largest absolute Gasteiger partial charge is 0.389 e. The molecule has 3 unspecified atom stereocenters. The van der Waals surface area contributed by atoms with Crippen LogP contribution in [0.25, 0.3) is 0 Å². The number of benzene rings is 1. The number of aliphatic hydroxyl groups excluding tert-OH is 1. The second-order valence-corrected chi connectivity index (χ2v) is 5.68. The zero-order chi connectivity index (χ0) is 15.1. The van der Waals surface area contributed by atoms with E-state index in [2.05, 4.69) is 4.90 Å². The molecule has 0 saturated carbocycles. The van der Waals surface area contributed by atoms with Crippen LogP contribution in [0.2, 0.25) is 0 Å². The molecule has 1 aliphatic rings. The van der Waals surface area contributed by atoms with Gasteiger partial charge in [-0.15, -0.1) is 0 Å². The summed E-state index contributed by atoms with van der Waals surface area (Å²) in [5.41, 5.74) is 6.98. The van der Waals surface area contributed by atoms with E-state index in [0.717, 1.165) is 18.7 Å². The van der Waals surface area contributed by atoms with E-state index in [4.69, 9.17) is 15.2 Å². The van der Waals surface area contributed by atoms with Gasteiger partial charge in [-0.1, -0.05) is 30.3 Å². The van der Waals surface area contributed by atoms with Gasteiger partial charge in [0.25, 0.3) is 0 Å². The molecule has 2 rings (SSSR count). The van der Waals surface area contributed by atoms with Crippen molar-refractivity contribution in [3.05, 3.63) is 35.9 Å². The van der Waals surface area contributed by atoms with Crippen molar-refractivity contribution >= 4 is 0 Å². The Morgan fingerprint density at radius 1 is 1.43 bits per heavy atom. The Morgan fingerprint density at radius 2 is 2.19 bits per heavy atom. The van der Waals surface area contributed by atoms with Crippen LogP contribution in [0.1, 0.15) is 12.5 Å². The first-order valence-electron chi connectivity index (χ1n) is 7.54. The molecule has 3 atom stereocenters. The van der Waals surface area contributed by atoms with Crippen molar-refractivity contribution in [3.8, 4) is 0 Å². The number of β-amino-alcohol motifs (C(OH)–C–C–N with tert-alkyl or cyclic N) is 1. The molecule has 1 heterocycles. The molecule has 118 valence electrons. The first-order valence-corrected chi connectivity index (χ1v) is 7.54. The van der Waals surface area contributed by atoms with Crippen LogP contribution in [0.4, 0.5) is 0 Å². The number of hydrogen-bond donors (Lipinski definition) is 2. The smallest absolute Gasteiger partial charge is 0.0900 e. The molecule has 0 spiro atoms. The Balaban J connectivity index is 1.66. The van der Waals surface area contributed by atoms with Crippen LogP contribution >= 0.6 is 0 Å². The molecule has 1 fully saturated rings. The lowest BCUT2D eigenvalue weighted by molar-refractivity contribution is -0.0585. The van der Waals surface area contributed by atoms with Gasteiger partial charge in [-0.25, -0.2) is 0 Å². The average Bonchev–Trinajstić information content (AvgIpc) is 2.48. The zero-order valence-corrected chi connectivity index (χ0v) is 12.6. The van der Waals surface area contributed by atoms with E-state index in [1.165, 1.54) is 0 Å². The minimum absolute atomic E-state index is 0.0132. The van der Waals surface area contributed by atoms with Gasteiger partial charge < -0.3 is 20.3 Å². The molecular formula is C16H26N2O3. The second kappa shape index (κ2) is 8.46. The summed E-state index contributed by atoms with van der Waals surface area (Å²) in [6, 6.07) is 9.99. The number of morpholine rings is 1. The normalized spacial score (nSPS) is 22.9. The molecule has 5 nitrogen and oxygen atoms in total. The highest BCUT2D eigenvalue weighted by Gasteiger charge is 2.24. The van der Waals surface area contributed by atoms with Crippen molar-refractivity contribution in [1.82, 2.24) is 4.90 Å². The fraction of sp³-hybridized carbons (Fsp3) is 0.625. The van der Waals surface area contributed by atoms with Gasteiger partial charge in [0.2, 0.25) is 0 Å². The molecule has 1 saturated heterocycles. The molecule has 3 N–H and O–H groups in total. The number of hydrogen-bond acceptors (Lipinski definition) is 5. The lowest BCUT2D eigenvalue weighted by Gasteiger charge is -2.35. The summed E-state index contributed by atoms with van der Waals surface area (Å²) in [4.78, 5) is 2.19. The fourth-order valence-electron chi connectivity index (χ4n) is 2.45. The Hall–Kier alpha value is -0.980. The number of aliphatic hydroxyl groups is 1. The van der Waals surface area contributed by atoms with E-state index in [1.807, 2.05) is 37.3 Å². The zero-order valence-electron chi connectivity index (χ0n) is 12.6. The van der Waals surface area contributed by atoms with Gasteiger partial charge in [0.15, 0.2) is 0 Å². The summed E-state index contributed by atoms with van der Waals surface area (Å²) < 4.78 is 11.2. The molecule has 0 radical (unpaired) electrons. The van der Waals surface area contributed by atoms with E-state index in [9.17, 15) is 5.11 Å². The number of rotatable bonds is 7. The van der Waals surface area contributed by atoms with Gasteiger partial charge in [-0.05, 0) is 12.5 Å². The van der Waals surface area contributed by atoms with E-state index in [0.29, 0.717) is 26.4 Å². The monoisotopic (exact) mass is 294 g/mol. The molecule has 0 bridgehead atoms. The third-order valence-corrected chi connectivity index (χ3v) is 3.65. The van der Waals surface area contributed by atoms with Crippen molar-refractivity contribution in [2.75, 3.05) is 32.8 Å². The van der Waals surface area contributed by atoms with E-state index in [1.54, 1.807) is 0 Å². The summed E-state index contributed by atoms with van der Waals surface area (Å²) in [5, 5.41) is 10.1. The minimum Gasteiger partial charge on any atom is -0.389 e. The summed E-state index contributed by atoms with van der Waals surface area (Å²) >= 11 is 0. The lowest BCUT2D eigenvalue weighted by Crippen LogP contribution is -2.51. The van der Waals surface area contributed by atoms with Gasteiger partial charge >= 0.3 is 0 Å². The standard InChI is InChI=1S/C16H26N2O3/c1-13(17)16-10-18(7-8-21-16)9-15(19)12-20-11-14-5-3-2-4-6-14/h2-6,13,15-16,19H,7-12,17H2,1H3. The highest BCUT2D eigenvalue weighted by Crippen LogP contribution is 2.09. The SMILES string of the molecule is CC(N)C1CN(CC(O)COCc2ccccc2)CCO1. The van der Waals surface area contributed by atoms with Crippen molar-refractivity contribution in [2.24, 2.45) is 5.73 Å². The molecule has 0 amide bonds. The van der Waals surface area contributed by atoms with Crippen LogP contribution in [0.5, 0.6) is 0 Å². The predicted octanol–water partition coefficient (Wildman–Crippen LogP) is 0.612. The quantitative estimate of drug-likeness (QED) is 0.771. The van der Waals surface area contributed by atoms with Crippen molar-refractivity contribution in [1.29, 1.82) is 0 Å². The van der Waals surface area contributed by atoms with Crippen LogP contribution in [0.15, 0.2) is 30.3 Å². The molecule has 1 aromatic carbocycles. The number of nitrogens with zero attached hydrogens (tertiary/aromatic N) is 1. The van der Waals surface area contributed by atoms with Gasteiger partial charge in [0.05, 0.1) is 32.0 Å². The molecule has 0 aliphatic carbocycles. The fourth-order valence-corrected chi connectivity index (χ4v) is 2.45. The average molecular weight is 294 g/mol. The maximum Gasteiger partial charge on any atom is 0.0900 e. The molecule has 0 aromatic heterocycles. The summed E-state index contributed by atoms with van der Waals surface area (Å²) in [5.74, 6) is 0. The first-order chi connectivity index (χ1) is 10.1. The summed E-state index contributed by atoms with van der Waals surface area (Å²) in [7, 11) is 0. The molecule has 21 heavy (non-hydrogen) atoms. The second-order valence-electron chi connectivity index (χ2n) is 5.68. The van der Waals surface area contributed by atoms with Crippen LogP contribution in [0, 0.1) is 0 Å². The lowest BCUT2D eigenvalue weighted by atomic mass is 10.1. The van der Waals surface area contributed by atoms with Crippen LogP contribution in [-0.4, -0.2) is 61.1 Å². The van der Waals surface area contributed by atoms with Crippen LogP contribution < -0.4 is 5.73 Å². The maximum absolute atomic E-state index is 10.1. The topological polar surface area (TPSA) is 68.0 Å². The third kappa shape index (κ3) is 5.73. The highest BCUT2D eigenvalue weighted by molar-refractivity contribution is 5.13. The maximum atomic E-state index is 10.1. The minimum atomic E-state index is -0.486. The van der Waals surface area contributed by atoms with Gasteiger partial charge in [-0.3, -0.25) is 4.90 Å². The van der Waals surface area contributed by atoms with Crippen molar-refractivity contribution in [2.45, 2.75) is 31.8 Å². The Labute approximate surface area is 126 Å². The summed E-state index contributed by atoms with van der Waals surface area (Å²) in [6.45, 7) is 5.70. The van der Waals surface area contributed by atoms with Crippen molar-refractivity contribution in [3.63, 3.8) is 0 Å². The van der Waals surface area contributed by atoms with Gasteiger partial charge in [0, 0.05) is 25.7 Å². The Kier molecular flexibility index (Phi) is 6.60. The highest BCUT2D eigenvalue weighted by atomic mass is 16.5. The number of nitrogens with two attached hydrogens (primary N) is 1. The van der Waals surface area contributed by atoms with Crippen LogP contribution in [-0.2, 0) is 16.1 Å². The van der Waals surface area contributed by atoms with Gasteiger partial charge in [0.1, 0.15) is 0 Å². The van der Waals surface area contributed by atoms with E-state index >= 15 is 0 Å². The van der Waals surface area contributed by atoms with E-state index < -0.39 is 6.10 Å². The first kappa shape index (κ1) is 16.4. The molecule has 1 aromatic rings. The van der Waals surface area contributed by atoms with Crippen molar-refractivity contribution < 1.29 is 14.6 Å². The predicted molar refractivity (Wildman–Crippen MR) is 81.9 cm³/mol. The van der Waals surface area contributed by atoms with E-state index in [-0.39, 0.29) is 12.1 Å². The molecule has 5 heteroatoms. The Morgan fingerprint density at radius 3 is 2.90 bits per heavy atom. The Bertz CT molecular complexity index is 400. The third-order valence-electron chi connectivity index (χ3n) is 3.65. The van der Waals surface area contributed by atoms with Crippen LogP contribution in [0.3, 0.4) is 0 Å². The number of ether oxygens (including phenoxy) is 2. The summed E-state index contributed by atoms with van der Waals surface area (Å²) in [6.07, 6.45) is -0.434. The molecule has 1 aliphatic heterocycles.